The lowest BCUT2D eigenvalue weighted by atomic mass is 10.2. The van der Waals surface area contributed by atoms with Crippen LogP contribution in [-0.4, -0.2) is 14.9 Å². The quantitative estimate of drug-likeness (QED) is 0.789. The number of hydrogen-bond acceptors (Lipinski definition) is 4. The highest BCUT2D eigenvalue weighted by Gasteiger charge is 2.22. The van der Waals surface area contributed by atoms with Gasteiger partial charge in [0, 0.05) is 23.1 Å². The molecule has 16 heavy (non-hydrogen) atoms. The van der Waals surface area contributed by atoms with Crippen molar-refractivity contribution in [2.75, 3.05) is 5.73 Å². The number of nitrogen functional groups attached to an aromatic ring is 1. The second kappa shape index (κ2) is 3.45. The molecule has 0 bridgehead atoms. The Labute approximate surface area is 97.1 Å². The molecule has 0 atom stereocenters. The van der Waals surface area contributed by atoms with Crippen LogP contribution in [0.2, 0.25) is 0 Å². The molecule has 2 aromatic rings. The summed E-state index contributed by atoms with van der Waals surface area (Å²) < 4.78 is 1.82. The fraction of sp³-hybridized carbons (Fsp3) is 0.182. The molecule has 0 saturated carbocycles. The molecular formula is C11H11N3OS. The van der Waals surface area contributed by atoms with Crippen molar-refractivity contribution in [2.24, 2.45) is 0 Å². The van der Waals surface area contributed by atoms with Crippen LogP contribution >= 0.6 is 11.8 Å². The molecular weight excluding hydrogens is 222 g/mol. The first-order valence-corrected chi connectivity index (χ1v) is 6.14. The minimum Gasteiger partial charge on any atom is -0.508 e. The fourth-order valence-electron chi connectivity index (χ4n) is 1.90. The number of aromatic hydroxyl groups is 1. The summed E-state index contributed by atoms with van der Waals surface area (Å²) in [6, 6.07) is 7.05. The minimum atomic E-state index is 0.242. The summed E-state index contributed by atoms with van der Waals surface area (Å²) in [5, 5.41) is 13.8. The third-order valence-electron chi connectivity index (χ3n) is 2.68. The second-order valence-electron chi connectivity index (χ2n) is 3.73. The van der Waals surface area contributed by atoms with E-state index >= 15 is 0 Å². The van der Waals surface area contributed by atoms with Crippen LogP contribution in [0.3, 0.4) is 0 Å². The normalized spacial score (nSPS) is 14.0. The maximum absolute atomic E-state index is 9.45. The molecule has 1 aromatic heterocycles. The molecule has 0 unspecified atom stereocenters. The molecule has 0 aliphatic carbocycles. The Balaban J connectivity index is 2.17. The van der Waals surface area contributed by atoms with E-state index in [1.54, 1.807) is 18.2 Å². The van der Waals surface area contributed by atoms with E-state index in [4.69, 9.17) is 5.73 Å². The van der Waals surface area contributed by atoms with E-state index in [-0.39, 0.29) is 5.75 Å². The van der Waals surface area contributed by atoms with Gasteiger partial charge in [0.05, 0.1) is 11.4 Å². The predicted octanol–water partition coefficient (Wildman–Crippen LogP) is 1.91. The van der Waals surface area contributed by atoms with E-state index in [1.165, 1.54) is 0 Å². The molecule has 0 fully saturated rings. The van der Waals surface area contributed by atoms with Gasteiger partial charge in [-0.15, -0.1) is 0 Å². The van der Waals surface area contributed by atoms with Gasteiger partial charge < -0.3 is 10.8 Å². The van der Waals surface area contributed by atoms with Crippen LogP contribution in [-0.2, 0) is 11.5 Å². The summed E-state index contributed by atoms with van der Waals surface area (Å²) in [7, 11) is 0. The summed E-state index contributed by atoms with van der Waals surface area (Å²) in [6.45, 7) is 0. The first-order valence-electron chi connectivity index (χ1n) is 4.99. The third-order valence-corrected chi connectivity index (χ3v) is 3.65. The van der Waals surface area contributed by atoms with Crippen molar-refractivity contribution >= 4 is 17.6 Å². The van der Waals surface area contributed by atoms with E-state index in [0.29, 0.717) is 5.82 Å². The van der Waals surface area contributed by atoms with Crippen LogP contribution in [0.15, 0.2) is 24.3 Å². The van der Waals surface area contributed by atoms with Gasteiger partial charge >= 0.3 is 0 Å². The molecule has 1 aromatic carbocycles. The number of aromatic nitrogens is 2. The SMILES string of the molecule is Nc1nn(-c2cccc(O)c2)c2c1CSC2. The number of rotatable bonds is 1. The molecule has 4 nitrogen and oxygen atoms in total. The number of phenolic OH excluding ortho intramolecular Hbond substituents is 1. The van der Waals surface area contributed by atoms with Crippen molar-refractivity contribution in [3.05, 3.63) is 35.5 Å². The summed E-state index contributed by atoms with van der Waals surface area (Å²) in [4.78, 5) is 0. The number of nitrogens with two attached hydrogens (primary N) is 1. The Morgan fingerprint density at radius 2 is 2.25 bits per heavy atom. The monoisotopic (exact) mass is 233 g/mol. The van der Waals surface area contributed by atoms with E-state index in [1.807, 2.05) is 22.5 Å². The van der Waals surface area contributed by atoms with Gasteiger partial charge in [-0.2, -0.15) is 16.9 Å². The zero-order chi connectivity index (χ0) is 11.1. The molecule has 82 valence electrons. The second-order valence-corrected chi connectivity index (χ2v) is 4.72. The smallest absolute Gasteiger partial charge is 0.150 e. The summed E-state index contributed by atoms with van der Waals surface area (Å²) in [5.41, 5.74) is 9.00. The first-order chi connectivity index (χ1) is 7.75. The van der Waals surface area contributed by atoms with Gasteiger partial charge in [-0.05, 0) is 12.1 Å². The minimum absolute atomic E-state index is 0.242. The maximum atomic E-state index is 9.45. The molecule has 0 saturated heterocycles. The summed E-state index contributed by atoms with van der Waals surface area (Å²) in [6.07, 6.45) is 0. The van der Waals surface area contributed by atoms with Crippen molar-refractivity contribution in [3.8, 4) is 11.4 Å². The molecule has 5 heteroatoms. The average molecular weight is 233 g/mol. The van der Waals surface area contributed by atoms with Crippen molar-refractivity contribution in [2.45, 2.75) is 11.5 Å². The van der Waals surface area contributed by atoms with Gasteiger partial charge in [0.1, 0.15) is 11.6 Å². The highest BCUT2D eigenvalue weighted by atomic mass is 32.2. The number of phenols is 1. The number of fused-ring (bicyclic) bond motifs is 1. The van der Waals surface area contributed by atoms with Crippen LogP contribution in [0.4, 0.5) is 5.82 Å². The van der Waals surface area contributed by atoms with Gasteiger partial charge in [-0.25, -0.2) is 4.68 Å². The van der Waals surface area contributed by atoms with E-state index in [9.17, 15) is 5.11 Å². The standard InChI is InChI=1S/C11H11N3OS/c12-11-9-5-16-6-10(9)14(13-11)7-2-1-3-8(15)4-7/h1-4,15H,5-6H2,(H2,12,13). The number of nitrogens with zero attached hydrogens (tertiary/aromatic N) is 2. The number of anilines is 1. The largest absolute Gasteiger partial charge is 0.508 e. The Bertz CT molecular complexity index is 550. The van der Waals surface area contributed by atoms with Gasteiger partial charge in [0.25, 0.3) is 0 Å². The Kier molecular flexibility index (Phi) is 2.07. The van der Waals surface area contributed by atoms with Crippen LogP contribution in [0.1, 0.15) is 11.3 Å². The Morgan fingerprint density at radius 1 is 1.38 bits per heavy atom. The molecule has 0 amide bonds. The van der Waals surface area contributed by atoms with E-state index in [2.05, 4.69) is 5.10 Å². The lowest BCUT2D eigenvalue weighted by Gasteiger charge is -2.05. The summed E-state index contributed by atoms with van der Waals surface area (Å²) in [5.74, 6) is 2.70. The Morgan fingerprint density at radius 3 is 3.06 bits per heavy atom. The number of hydrogen-bond donors (Lipinski definition) is 2. The maximum Gasteiger partial charge on any atom is 0.150 e. The van der Waals surface area contributed by atoms with Crippen LogP contribution in [0.5, 0.6) is 5.75 Å². The van der Waals surface area contributed by atoms with Crippen molar-refractivity contribution in [3.63, 3.8) is 0 Å². The van der Waals surface area contributed by atoms with Crippen molar-refractivity contribution < 1.29 is 5.11 Å². The lowest BCUT2D eigenvalue weighted by molar-refractivity contribution is 0.475. The van der Waals surface area contributed by atoms with Crippen LogP contribution < -0.4 is 5.73 Å². The van der Waals surface area contributed by atoms with E-state index in [0.717, 1.165) is 28.5 Å². The number of benzene rings is 1. The molecule has 3 N–H and O–H groups in total. The van der Waals surface area contributed by atoms with Crippen molar-refractivity contribution in [1.29, 1.82) is 0 Å². The highest BCUT2D eigenvalue weighted by Crippen LogP contribution is 2.35. The first kappa shape index (κ1) is 9.59. The van der Waals surface area contributed by atoms with Crippen LogP contribution in [0, 0.1) is 0 Å². The molecule has 1 aliphatic heterocycles. The van der Waals surface area contributed by atoms with E-state index < -0.39 is 0 Å². The molecule has 0 radical (unpaired) electrons. The molecule has 0 spiro atoms. The zero-order valence-electron chi connectivity index (χ0n) is 8.55. The fourth-order valence-corrected chi connectivity index (χ4v) is 3.01. The number of thioether (sulfide) groups is 1. The Hall–Kier alpha value is -1.62. The molecule has 1 aliphatic rings. The van der Waals surface area contributed by atoms with Gasteiger partial charge in [0.2, 0.25) is 0 Å². The average Bonchev–Trinajstić information content (AvgIpc) is 2.83. The van der Waals surface area contributed by atoms with Gasteiger partial charge in [-0.3, -0.25) is 0 Å². The zero-order valence-corrected chi connectivity index (χ0v) is 9.37. The van der Waals surface area contributed by atoms with Crippen LogP contribution in [0.25, 0.3) is 5.69 Å². The molecule has 2 heterocycles. The third kappa shape index (κ3) is 1.36. The lowest BCUT2D eigenvalue weighted by Crippen LogP contribution is -2.00. The predicted molar refractivity (Wildman–Crippen MR) is 64.6 cm³/mol. The van der Waals surface area contributed by atoms with Gasteiger partial charge in [-0.1, -0.05) is 6.07 Å². The van der Waals surface area contributed by atoms with Gasteiger partial charge in [0.15, 0.2) is 0 Å². The summed E-state index contributed by atoms with van der Waals surface area (Å²) >= 11 is 1.83. The highest BCUT2D eigenvalue weighted by molar-refractivity contribution is 7.98. The van der Waals surface area contributed by atoms with Crippen molar-refractivity contribution in [1.82, 2.24) is 9.78 Å². The molecule has 3 rings (SSSR count). The topological polar surface area (TPSA) is 64.1 Å².